The van der Waals surface area contributed by atoms with Gasteiger partial charge in [0.25, 0.3) is 6.20 Å². The van der Waals surface area contributed by atoms with Crippen LogP contribution in [-0.2, 0) is 0 Å². The second kappa shape index (κ2) is 9.68. The molecule has 0 aliphatic carbocycles. The quantitative estimate of drug-likeness (QED) is 0.389. The van der Waals surface area contributed by atoms with Gasteiger partial charge in [-0.3, -0.25) is 10.1 Å². The van der Waals surface area contributed by atoms with Crippen molar-refractivity contribution in [2.24, 2.45) is 0 Å². The van der Waals surface area contributed by atoms with Crippen molar-refractivity contribution >= 4 is 0 Å². The van der Waals surface area contributed by atoms with Crippen LogP contribution in [0.2, 0.25) is 0 Å². The highest BCUT2D eigenvalue weighted by atomic mass is 16.6. The molecule has 0 aliphatic rings. The summed E-state index contributed by atoms with van der Waals surface area (Å²) in [5.74, 6) is 1.22. The van der Waals surface area contributed by atoms with E-state index >= 15 is 0 Å². The van der Waals surface area contributed by atoms with E-state index in [9.17, 15) is 10.1 Å². The minimum atomic E-state index is -0.493. The molecule has 0 saturated carbocycles. The Morgan fingerprint density at radius 3 is 2.83 bits per heavy atom. The Kier molecular flexibility index (Phi) is 7.90. The van der Waals surface area contributed by atoms with Crippen LogP contribution in [0.25, 0.3) is 0 Å². The zero-order valence-electron chi connectivity index (χ0n) is 14.2. The molecule has 128 valence electrons. The van der Waals surface area contributed by atoms with E-state index in [0.29, 0.717) is 25.0 Å². The molecule has 0 aliphatic heterocycles. The standard InChI is InChI=1S/C16H26N4O3/c1-13(19(3)4)14-7-5-8-15(11-14)23-10-6-9-18-16(17-2)12-20(21)22/h5,7-8,11-13,17-18H,6,9-10H2,1-4H3/b16-12-. The Morgan fingerprint density at radius 1 is 1.48 bits per heavy atom. The molecule has 2 N–H and O–H groups in total. The minimum Gasteiger partial charge on any atom is -0.494 e. The Hall–Kier alpha value is -2.28. The molecule has 1 unspecified atom stereocenters. The van der Waals surface area contributed by atoms with E-state index in [1.165, 1.54) is 5.56 Å². The molecule has 0 aromatic heterocycles. The van der Waals surface area contributed by atoms with Gasteiger partial charge in [-0.15, -0.1) is 0 Å². The molecule has 0 amide bonds. The molecule has 1 aromatic carbocycles. The monoisotopic (exact) mass is 322 g/mol. The third-order valence-electron chi connectivity index (χ3n) is 3.52. The van der Waals surface area contributed by atoms with Gasteiger partial charge in [0, 0.05) is 19.6 Å². The van der Waals surface area contributed by atoms with Gasteiger partial charge >= 0.3 is 0 Å². The van der Waals surface area contributed by atoms with Gasteiger partial charge in [-0.25, -0.2) is 0 Å². The van der Waals surface area contributed by atoms with Crippen LogP contribution < -0.4 is 15.4 Å². The lowest BCUT2D eigenvalue weighted by molar-refractivity contribution is -0.404. The summed E-state index contributed by atoms with van der Waals surface area (Å²) < 4.78 is 5.74. The Morgan fingerprint density at radius 2 is 2.22 bits per heavy atom. The molecule has 0 fully saturated rings. The first-order valence-corrected chi connectivity index (χ1v) is 7.60. The maximum absolute atomic E-state index is 10.4. The van der Waals surface area contributed by atoms with E-state index in [4.69, 9.17) is 4.74 Å². The van der Waals surface area contributed by atoms with Gasteiger partial charge in [-0.1, -0.05) is 12.1 Å². The average molecular weight is 322 g/mol. The van der Waals surface area contributed by atoms with Gasteiger partial charge in [-0.05, 0) is 45.1 Å². The SMILES string of the molecule is CN/C(=C/[N+](=O)[O-])NCCCOc1cccc(C(C)N(C)C)c1. The van der Waals surface area contributed by atoms with Crippen LogP contribution in [0, 0.1) is 10.1 Å². The maximum Gasteiger partial charge on any atom is 0.274 e. The number of ether oxygens (including phenoxy) is 1. The van der Waals surface area contributed by atoms with Crippen molar-refractivity contribution in [2.75, 3.05) is 34.3 Å². The maximum atomic E-state index is 10.4. The van der Waals surface area contributed by atoms with Crippen LogP contribution in [0.15, 0.2) is 36.3 Å². The van der Waals surface area contributed by atoms with Crippen molar-refractivity contribution in [2.45, 2.75) is 19.4 Å². The van der Waals surface area contributed by atoms with Crippen molar-refractivity contribution in [3.05, 3.63) is 52.0 Å². The van der Waals surface area contributed by atoms with Gasteiger partial charge in [0.05, 0.1) is 11.5 Å². The molecule has 1 aromatic rings. The minimum absolute atomic E-state index is 0.325. The van der Waals surface area contributed by atoms with Gasteiger partial charge in [-0.2, -0.15) is 0 Å². The van der Waals surface area contributed by atoms with Gasteiger partial charge < -0.3 is 20.3 Å². The lowest BCUT2D eigenvalue weighted by Gasteiger charge is -2.20. The summed E-state index contributed by atoms with van der Waals surface area (Å²) >= 11 is 0. The first kappa shape index (κ1) is 18.8. The summed E-state index contributed by atoms with van der Waals surface area (Å²) in [5.41, 5.74) is 1.21. The Labute approximate surface area is 137 Å². The molecule has 1 atom stereocenters. The van der Waals surface area contributed by atoms with Crippen LogP contribution in [0.3, 0.4) is 0 Å². The summed E-state index contributed by atoms with van der Waals surface area (Å²) in [6.07, 6.45) is 1.65. The van der Waals surface area contributed by atoms with Crippen molar-refractivity contribution in [1.29, 1.82) is 0 Å². The molecule has 0 heterocycles. The molecule has 1 rings (SSSR count). The van der Waals surface area contributed by atoms with Crippen molar-refractivity contribution in [1.82, 2.24) is 15.5 Å². The van der Waals surface area contributed by atoms with Crippen molar-refractivity contribution in [3.63, 3.8) is 0 Å². The van der Waals surface area contributed by atoms with Crippen molar-refractivity contribution < 1.29 is 9.66 Å². The van der Waals surface area contributed by atoms with E-state index in [2.05, 4.69) is 28.5 Å². The molecular weight excluding hydrogens is 296 g/mol. The number of hydrogen-bond donors (Lipinski definition) is 2. The molecular formula is C16H26N4O3. The average Bonchev–Trinajstić information content (AvgIpc) is 2.52. The van der Waals surface area contributed by atoms with E-state index in [-0.39, 0.29) is 0 Å². The number of hydrogen-bond acceptors (Lipinski definition) is 6. The lowest BCUT2D eigenvalue weighted by Crippen LogP contribution is -2.26. The molecule has 0 saturated heterocycles. The smallest absolute Gasteiger partial charge is 0.274 e. The second-order valence-corrected chi connectivity index (χ2v) is 5.42. The predicted molar refractivity (Wildman–Crippen MR) is 90.8 cm³/mol. The molecule has 0 bridgehead atoms. The third kappa shape index (κ3) is 7.01. The first-order chi connectivity index (χ1) is 10.9. The second-order valence-electron chi connectivity index (χ2n) is 5.42. The number of nitrogens with one attached hydrogen (secondary N) is 2. The van der Waals surface area contributed by atoms with E-state index in [1.807, 2.05) is 32.3 Å². The van der Waals surface area contributed by atoms with Gasteiger partial charge in [0.2, 0.25) is 0 Å². The molecule has 0 radical (unpaired) electrons. The third-order valence-corrected chi connectivity index (χ3v) is 3.52. The summed E-state index contributed by atoms with van der Waals surface area (Å²) in [6, 6.07) is 8.38. The van der Waals surface area contributed by atoms with Crippen LogP contribution in [0.4, 0.5) is 0 Å². The van der Waals surface area contributed by atoms with Crippen LogP contribution in [-0.4, -0.2) is 44.1 Å². The van der Waals surface area contributed by atoms with E-state index < -0.39 is 4.92 Å². The van der Waals surface area contributed by atoms with E-state index in [0.717, 1.165) is 18.4 Å². The zero-order valence-corrected chi connectivity index (χ0v) is 14.2. The van der Waals surface area contributed by atoms with Crippen LogP contribution in [0.1, 0.15) is 24.9 Å². The topological polar surface area (TPSA) is 79.7 Å². The fourth-order valence-electron chi connectivity index (χ4n) is 1.95. The van der Waals surface area contributed by atoms with E-state index in [1.54, 1.807) is 7.05 Å². The molecule has 7 heteroatoms. The first-order valence-electron chi connectivity index (χ1n) is 7.60. The van der Waals surface area contributed by atoms with Gasteiger partial charge in [0.1, 0.15) is 5.75 Å². The number of nitrogens with zero attached hydrogens (tertiary/aromatic N) is 2. The normalized spacial score (nSPS) is 12.8. The highest BCUT2D eigenvalue weighted by molar-refractivity contribution is 5.30. The highest BCUT2D eigenvalue weighted by Gasteiger charge is 2.08. The predicted octanol–water partition coefficient (Wildman–Crippen LogP) is 1.96. The number of nitro groups is 1. The van der Waals surface area contributed by atoms with Gasteiger partial charge in [0.15, 0.2) is 5.82 Å². The number of benzene rings is 1. The Bertz CT molecular complexity index is 532. The molecule has 23 heavy (non-hydrogen) atoms. The summed E-state index contributed by atoms with van der Waals surface area (Å²) in [7, 11) is 5.72. The number of rotatable bonds is 10. The summed E-state index contributed by atoms with van der Waals surface area (Å²) in [6.45, 7) is 3.28. The van der Waals surface area contributed by atoms with Crippen LogP contribution >= 0.6 is 0 Å². The highest BCUT2D eigenvalue weighted by Crippen LogP contribution is 2.22. The zero-order chi connectivity index (χ0) is 17.2. The fourth-order valence-corrected chi connectivity index (χ4v) is 1.95. The van der Waals surface area contributed by atoms with Crippen LogP contribution in [0.5, 0.6) is 5.75 Å². The molecule has 7 nitrogen and oxygen atoms in total. The summed E-state index contributed by atoms with van der Waals surface area (Å²) in [5, 5.41) is 16.1. The molecule has 0 spiro atoms. The lowest BCUT2D eigenvalue weighted by atomic mass is 10.1. The summed E-state index contributed by atoms with van der Waals surface area (Å²) in [4.78, 5) is 12.0. The fraction of sp³-hybridized carbons (Fsp3) is 0.500. The largest absolute Gasteiger partial charge is 0.494 e. The van der Waals surface area contributed by atoms with Crippen molar-refractivity contribution in [3.8, 4) is 5.75 Å². The Balaban J connectivity index is 2.39.